The third-order valence-electron chi connectivity index (χ3n) is 3.78. The number of hydrogen-bond donors (Lipinski definition) is 1. The molecule has 0 unspecified atom stereocenters. The second-order valence-corrected chi connectivity index (χ2v) is 6.62. The molecule has 0 amide bonds. The summed E-state index contributed by atoms with van der Waals surface area (Å²) < 4.78 is 0. The Kier molecular flexibility index (Phi) is 5.17. The first-order valence-corrected chi connectivity index (χ1v) is 8.52. The van der Waals surface area contributed by atoms with Crippen LogP contribution in [0.4, 0.5) is 5.69 Å². The van der Waals surface area contributed by atoms with Gasteiger partial charge in [-0.05, 0) is 43.6 Å². The molecule has 19 heavy (non-hydrogen) atoms. The van der Waals surface area contributed by atoms with E-state index in [1.165, 1.54) is 35.4 Å². The fraction of sp³-hybridized carbons (Fsp3) is 0.625. The molecule has 0 aromatic heterocycles. The highest BCUT2D eigenvalue weighted by atomic mass is 32.2. The number of anilines is 1. The minimum absolute atomic E-state index is 0.636. The van der Waals surface area contributed by atoms with Crippen molar-refractivity contribution in [3.05, 3.63) is 23.8 Å². The van der Waals surface area contributed by atoms with Crippen LogP contribution in [0.3, 0.4) is 0 Å². The van der Waals surface area contributed by atoms with Gasteiger partial charge in [0.05, 0.1) is 0 Å². The fourth-order valence-corrected chi connectivity index (χ4v) is 3.15. The highest BCUT2D eigenvalue weighted by Gasteiger charge is 2.30. The lowest BCUT2D eigenvalue weighted by Gasteiger charge is -2.28. The molecule has 0 heterocycles. The van der Waals surface area contributed by atoms with Gasteiger partial charge in [0.25, 0.3) is 0 Å². The molecule has 1 aliphatic rings. The second kappa shape index (κ2) is 6.67. The molecule has 1 fully saturated rings. The zero-order chi connectivity index (χ0) is 13.8. The van der Waals surface area contributed by atoms with Gasteiger partial charge in [-0.15, -0.1) is 11.8 Å². The van der Waals surface area contributed by atoms with Crippen LogP contribution >= 0.6 is 11.8 Å². The largest absolute Gasteiger partial charge is 0.368 e. The molecule has 1 saturated carbocycles. The van der Waals surface area contributed by atoms with E-state index in [0.717, 1.165) is 18.5 Å². The Balaban J connectivity index is 2.25. The van der Waals surface area contributed by atoms with Gasteiger partial charge in [-0.3, -0.25) is 0 Å². The zero-order valence-electron chi connectivity index (χ0n) is 12.4. The van der Waals surface area contributed by atoms with Crippen LogP contribution in [0.5, 0.6) is 0 Å². The topological polar surface area (TPSA) is 29.3 Å². The normalized spacial score (nSPS) is 15.0. The molecule has 0 atom stereocenters. The fourth-order valence-electron chi connectivity index (χ4n) is 2.50. The van der Waals surface area contributed by atoms with Crippen LogP contribution in [-0.4, -0.2) is 18.8 Å². The number of thioether (sulfide) groups is 1. The number of benzene rings is 1. The lowest BCUT2D eigenvalue weighted by Crippen LogP contribution is -2.29. The first-order chi connectivity index (χ1) is 9.17. The monoisotopic (exact) mass is 278 g/mol. The molecule has 1 aliphatic carbocycles. The highest BCUT2D eigenvalue weighted by Crippen LogP contribution is 2.36. The molecule has 106 valence electrons. The summed E-state index contributed by atoms with van der Waals surface area (Å²) in [6, 6.07) is 7.36. The van der Waals surface area contributed by atoms with E-state index in [-0.39, 0.29) is 0 Å². The van der Waals surface area contributed by atoms with Gasteiger partial charge in [0, 0.05) is 35.3 Å². The van der Waals surface area contributed by atoms with Crippen molar-refractivity contribution in [3.63, 3.8) is 0 Å². The summed E-state index contributed by atoms with van der Waals surface area (Å²) in [6.45, 7) is 6.39. The summed E-state index contributed by atoms with van der Waals surface area (Å²) in [4.78, 5) is 3.93. The van der Waals surface area contributed by atoms with Crippen molar-refractivity contribution >= 4 is 17.4 Å². The third kappa shape index (κ3) is 3.67. The van der Waals surface area contributed by atoms with Crippen molar-refractivity contribution in [2.24, 2.45) is 11.7 Å². The Bertz CT molecular complexity index is 413. The minimum atomic E-state index is 0.636. The molecule has 3 heteroatoms. The standard InChI is InChI=1S/C16H26N2S/c1-12(2)9-10-18(13-7-8-13)15-5-4-6-16(19-3)14(15)11-17/h4-6,12-13H,7-11,17H2,1-3H3. The van der Waals surface area contributed by atoms with Crippen LogP contribution in [0, 0.1) is 5.92 Å². The van der Waals surface area contributed by atoms with E-state index in [1.807, 2.05) is 0 Å². The van der Waals surface area contributed by atoms with Crippen LogP contribution < -0.4 is 10.6 Å². The van der Waals surface area contributed by atoms with Gasteiger partial charge in [0.2, 0.25) is 0 Å². The van der Waals surface area contributed by atoms with Crippen LogP contribution in [0.25, 0.3) is 0 Å². The number of rotatable bonds is 7. The van der Waals surface area contributed by atoms with Gasteiger partial charge in [-0.25, -0.2) is 0 Å². The number of nitrogens with zero attached hydrogens (tertiary/aromatic N) is 1. The van der Waals surface area contributed by atoms with Crippen molar-refractivity contribution in [3.8, 4) is 0 Å². The highest BCUT2D eigenvalue weighted by molar-refractivity contribution is 7.98. The van der Waals surface area contributed by atoms with E-state index >= 15 is 0 Å². The molecule has 0 saturated heterocycles. The van der Waals surface area contributed by atoms with E-state index in [0.29, 0.717) is 6.54 Å². The van der Waals surface area contributed by atoms with E-state index in [1.54, 1.807) is 11.8 Å². The summed E-state index contributed by atoms with van der Waals surface area (Å²) in [5, 5.41) is 0. The van der Waals surface area contributed by atoms with Gasteiger partial charge in [0.1, 0.15) is 0 Å². The van der Waals surface area contributed by atoms with Crippen molar-refractivity contribution in [1.29, 1.82) is 0 Å². The summed E-state index contributed by atoms with van der Waals surface area (Å²) in [5.41, 5.74) is 8.70. The van der Waals surface area contributed by atoms with E-state index < -0.39 is 0 Å². The second-order valence-electron chi connectivity index (χ2n) is 5.77. The Morgan fingerprint density at radius 2 is 2.11 bits per heavy atom. The molecule has 0 aliphatic heterocycles. The van der Waals surface area contributed by atoms with Crippen LogP contribution in [0.1, 0.15) is 38.7 Å². The molecule has 1 aromatic carbocycles. The SMILES string of the molecule is CSc1cccc(N(CCC(C)C)C2CC2)c1CN. The van der Waals surface area contributed by atoms with Crippen LogP contribution in [0.15, 0.2) is 23.1 Å². The summed E-state index contributed by atoms with van der Waals surface area (Å²) >= 11 is 1.80. The van der Waals surface area contributed by atoms with Crippen molar-refractivity contribution in [1.82, 2.24) is 0 Å². The predicted octanol–water partition coefficient (Wildman–Crippen LogP) is 3.88. The lowest BCUT2D eigenvalue weighted by molar-refractivity contribution is 0.569. The molecule has 0 spiro atoms. The first kappa shape index (κ1) is 14.7. The Hall–Kier alpha value is -0.670. The van der Waals surface area contributed by atoms with Gasteiger partial charge in [-0.1, -0.05) is 19.9 Å². The average molecular weight is 278 g/mol. The molecule has 2 rings (SSSR count). The Labute approximate surface area is 121 Å². The number of hydrogen-bond acceptors (Lipinski definition) is 3. The van der Waals surface area contributed by atoms with Gasteiger partial charge in [-0.2, -0.15) is 0 Å². The predicted molar refractivity (Wildman–Crippen MR) is 85.9 cm³/mol. The first-order valence-electron chi connectivity index (χ1n) is 7.30. The van der Waals surface area contributed by atoms with E-state index in [4.69, 9.17) is 5.73 Å². The summed E-state index contributed by atoms with van der Waals surface area (Å²) in [7, 11) is 0. The zero-order valence-corrected chi connectivity index (χ0v) is 13.2. The maximum atomic E-state index is 6.00. The van der Waals surface area contributed by atoms with Crippen LogP contribution in [-0.2, 0) is 6.54 Å². The third-order valence-corrected chi connectivity index (χ3v) is 4.60. The van der Waals surface area contributed by atoms with Gasteiger partial charge >= 0.3 is 0 Å². The molecular weight excluding hydrogens is 252 g/mol. The maximum absolute atomic E-state index is 6.00. The molecule has 0 bridgehead atoms. The molecule has 2 nitrogen and oxygen atoms in total. The van der Waals surface area contributed by atoms with E-state index in [2.05, 4.69) is 43.2 Å². The Morgan fingerprint density at radius 3 is 2.63 bits per heavy atom. The Morgan fingerprint density at radius 1 is 1.37 bits per heavy atom. The molecular formula is C16H26N2S. The van der Waals surface area contributed by atoms with Gasteiger partial charge in [0.15, 0.2) is 0 Å². The smallest absolute Gasteiger partial charge is 0.0425 e. The summed E-state index contributed by atoms with van der Waals surface area (Å²) in [5.74, 6) is 0.756. The van der Waals surface area contributed by atoms with Crippen LogP contribution in [0.2, 0.25) is 0 Å². The van der Waals surface area contributed by atoms with E-state index in [9.17, 15) is 0 Å². The number of nitrogens with two attached hydrogens (primary N) is 1. The molecule has 2 N–H and O–H groups in total. The van der Waals surface area contributed by atoms with Crippen molar-refractivity contribution in [2.45, 2.75) is 50.6 Å². The summed E-state index contributed by atoms with van der Waals surface area (Å²) in [6.07, 6.45) is 6.06. The van der Waals surface area contributed by atoms with Crippen molar-refractivity contribution in [2.75, 3.05) is 17.7 Å². The lowest BCUT2D eigenvalue weighted by atomic mass is 10.1. The maximum Gasteiger partial charge on any atom is 0.0425 e. The van der Waals surface area contributed by atoms with Crippen molar-refractivity contribution < 1.29 is 0 Å². The average Bonchev–Trinajstić information content (AvgIpc) is 3.22. The van der Waals surface area contributed by atoms with Gasteiger partial charge < -0.3 is 10.6 Å². The quantitative estimate of drug-likeness (QED) is 0.767. The molecule has 1 aromatic rings. The minimum Gasteiger partial charge on any atom is -0.368 e. The molecule has 0 radical (unpaired) electrons.